The Morgan fingerprint density at radius 1 is 1.57 bits per heavy atom. The molecule has 0 radical (unpaired) electrons. The molecule has 0 aliphatic carbocycles. The van der Waals surface area contributed by atoms with E-state index in [1.807, 2.05) is 19.9 Å². The first-order chi connectivity index (χ1) is 6.61. The number of aromatic nitrogens is 2. The van der Waals surface area contributed by atoms with Gasteiger partial charge in [-0.05, 0) is 6.92 Å². The summed E-state index contributed by atoms with van der Waals surface area (Å²) in [7, 11) is 0. The predicted octanol–water partition coefficient (Wildman–Crippen LogP) is 2.67. The quantitative estimate of drug-likeness (QED) is 0.899. The first-order valence-electron chi connectivity index (χ1n) is 4.53. The van der Waals surface area contributed by atoms with Crippen molar-refractivity contribution in [3.63, 3.8) is 0 Å². The highest BCUT2D eigenvalue weighted by Gasteiger charge is 1.99. The van der Waals surface area contributed by atoms with Crippen LogP contribution in [0.25, 0.3) is 0 Å². The molecule has 0 fully saturated rings. The number of anilines is 1. The minimum absolute atomic E-state index is 0.680. The molecule has 1 heterocycles. The van der Waals surface area contributed by atoms with E-state index in [4.69, 9.17) is 0 Å². The summed E-state index contributed by atoms with van der Waals surface area (Å²) >= 11 is 3.29. The first kappa shape index (κ1) is 11.2. The third-order valence-corrected chi connectivity index (χ3v) is 1.96. The lowest BCUT2D eigenvalue weighted by Gasteiger charge is -2.06. The maximum atomic E-state index is 4.34. The molecule has 76 valence electrons. The Morgan fingerprint density at radius 3 is 2.86 bits per heavy atom. The van der Waals surface area contributed by atoms with Gasteiger partial charge in [0.05, 0.1) is 0 Å². The fourth-order valence-electron chi connectivity index (χ4n) is 1.07. The second-order valence-electron chi connectivity index (χ2n) is 3.04. The lowest BCUT2D eigenvalue weighted by molar-refractivity contribution is 0.917. The summed E-state index contributed by atoms with van der Waals surface area (Å²) < 4.78 is 0.909. The molecule has 1 N–H and O–H groups in total. The fourth-order valence-corrected chi connectivity index (χ4v) is 1.21. The van der Waals surface area contributed by atoms with E-state index < -0.39 is 0 Å². The summed E-state index contributed by atoms with van der Waals surface area (Å²) in [6, 6.07) is 1.93. The number of halogens is 1. The molecule has 0 unspecified atom stereocenters. The van der Waals surface area contributed by atoms with Crippen molar-refractivity contribution in [2.75, 3.05) is 11.9 Å². The molecule has 1 aromatic rings. The Labute approximate surface area is 92.8 Å². The summed E-state index contributed by atoms with van der Waals surface area (Å²) in [5, 5.41) is 3.16. The van der Waals surface area contributed by atoms with Gasteiger partial charge >= 0.3 is 0 Å². The van der Waals surface area contributed by atoms with Gasteiger partial charge in [-0.25, -0.2) is 9.97 Å². The van der Waals surface area contributed by atoms with Gasteiger partial charge in [0, 0.05) is 29.2 Å². The molecule has 0 amide bonds. The highest BCUT2D eigenvalue weighted by Crippen LogP contribution is 2.08. The Kier molecular flexibility index (Phi) is 4.07. The maximum absolute atomic E-state index is 4.34. The molecule has 0 atom stereocenters. The van der Waals surface area contributed by atoms with E-state index in [-0.39, 0.29) is 0 Å². The van der Waals surface area contributed by atoms with Crippen LogP contribution in [0.1, 0.15) is 18.4 Å². The van der Waals surface area contributed by atoms with E-state index in [2.05, 4.69) is 37.8 Å². The van der Waals surface area contributed by atoms with Gasteiger partial charge in [-0.2, -0.15) is 0 Å². The molecule has 0 bridgehead atoms. The fraction of sp³-hybridized carbons (Fsp3) is 0.400. The largest absolute Gasteiger partial charge is 0.365 e. The molecule has 0 aromatic carbocycles. The minimum Gasteiger partial charge on any atom is -0.365 e. The number of rotatable bonds is 4. The van der Waals surface area contributed by atoms with Crippen molar-refractivity contribution in [2.45, 2.75) is 20.3 Å². The number of hydrogen-bond acceptors (Lipinski definition) is 3. The van der Waals surface area contributed by atoms with Crippen LogP contribution in [0.4, 0.5) is 5.82 Å². The molecule has 4 heteroatoms. The molecular weight excluding hydrogens is 242 g/mol. The van der Waals surface area contributed by atoms with Gasteiger partial charge in [-0.15, -0.1) is 0 Å². The summed E-state index contributed by atoms with van der Waals surface area (Å²) in [6.45, 7) is 8.44. The zero-order valence-corrected chi connectivity index (χ0v) is 10.1. The average Bonchev–Trinajstić information content (AvgIpc) is 2.14. The van der Waals surface area contributed by atoms with E-state index in [1.165, 1.54) is 0 Å². The molecule has 1 rings (SSSR count). The molecule has 3 nitrogen and oxygen atoms in total. The average molecular weight is 256 g/mol. The Hall–Kier alpha value is -0.900. The van der Waals surface area contributed by atoms with Gasteiger partial charge < -0.3 is 5.32 Å². The van der Waals surface area contributed by atoms with Gasteiger partial charge in [-0.3, -0.25) is 0 Å². The van der Waals surface area contributed by atoms with Crippen molar-refractivity contribution in [3.05, 3.63) is 28.6 Å². The number of aryl methyl sites for hydroxylation is 2. The lowest BCUT2D eigenvalue weighted by atomic mass is 10.3. The Morgan fingerprint density at radius 2 is 2.29 bits per heavy atom. The first-order valence-corrected chi connectivity index (χ1v) is 5.33. The van der Waals surface area contributed by atoms with Crippen LogP contribution in [0.15, 0.2) is 17.1 Å². The van der Waals surface area contributed by atoms with Gasteiger partial charge in [0.2, 0.25) is 0 Å². The topological polar surface area (TPSA) is 37.8 Å². The second-order valence-corrected chi connectivity index (χ2v) is 4.16. The van der Waals surface area contributed by atoms with Crippen molar-refractivity contribution in [1.82, 2.24) is 9.97 Å². The van der Waals surface area contributed by atoms with Gasteiger partial charge in [0.1, 0.15) is 11.6 Å². The molecule has 0 aliphatic heterocycles. The third kappa shape index (κ3) is 3.46. The molecule has 0 spiro atoms. The van der Waals surface area contributed by atoms with Crippen molar-refractivity contribution in [2.24, 2.45) is 0 Å². The standard InChI is InChI=1S/C10H14BrN3/c1-4-9-13-8(3)5-10(14-9)12-6-7(2)11/h5H,2,4,6H2,1,3H3,(H,12,13,14). The SMILES string of the molecule is C=C(Br)CNc1cc(C)nc(CC)n1. The van der Waals surface area contributed by atoms with E-state index in [0.717, 1.165) is 28.2 Å². The molecular formula is C10H14BrN3. The molecule has 0 saturated heterocycles. The van der Waals surface area contributed by atoms with Crippen LogP contribution >= 0.6 is 15.9 Å². The monoisotopic (exact) mass is 255 g/mol. The van der Waals surface area contributed by atoms with Gasteiger partial charge in [0.25, 0.3) is 0 Å². The molecule has 0 aliphatic rings. The Bertz CT molecular complexity index is 336. The Balaban J connectivity index is 2.76. The maximum Gasteiger partial charge on any atom is 0.130 e. The van der Waals surface area contributed by atoms with E-state index >= 15 is 0 Å². The van der Waals surface area contributed by atoms with E-state index in [1.54, 1.807) is 0 Å². The van der Waals surface area contributed by atoms with Crippen LogP contribution in [0.2, 0.25) is 0 Å². The highest BCUT2D eigenvalue weighted by molar-refractivity contribution is 9.11. The van der Waals surface area contributed by atoms with Gasteiger partial charge in [-0.1, -0.05) is 29.4 Å². The third-order valence-electron chi connectivity index (χ3n) is 1.68. The summed E-state index contributed by atoms with van der Waals surface area (Å²) in [5.74, 6) is 1.72. The predicted molar refractivity (Wildman–Crippen MR) is 62.7 cm³/mol. The van der Waals surface area contributed by atoms with E-state index in [0.29, 0.717) is 6.54 Å². The van der Waals surface area contributed by atoms with Crippen LogP contribution in [0.5, 0.6) is 0 Å². The normalized spacial score (nSPS) is 9.93. The summed E-state index contributed by atoms with van der Waals surface area (Å²) in [5.41, 5.74) is 0.986. The van der Waals surface area contributed by atoms with Crippen LogP contribution < -0.4 is 5.32 Å². The molecule has 14 heavy (non-hydrogen) atoms. The van der Waals surface area contributed by atoms with Crippen LogP contribution in [0, 0.1) is 6.92 Å². The second kappa shape index (κ2) is 5.10. The molecule has 0 saturated carbocycles. The highest BCUT2D eigenvalue weighted by atomic mass is 79.9. The number of nitrogens with zero attached hydrogens (tertiary/aromatic N) is 2. The lowest BCUT2D eigenvalue weighted by Crippen LogP contribution is -2.06. The van der Waals surface area contributed by atoms with Crippen LogP contribution in [-0.2, 0) is 6.42 Å². The molecule has 1 aromatic heterocycles. The zero-order chi connectivity index (χ0) is 10.6. The smallest absolute Gasteiger partial charge is 0.130 e. The number of hydrogen-bond donors (Lipinski definition) is 1. The minimum atomic E-state index is 0.680. The van der Waals surface area contributed by atoms with E-state index in [9.17, 15) is 0 Å². The van der Waals surface area contributed by atoms with Gasteiger partial charge in [0.15, 0.2) is 0 Å². The summed E-state index contributed by atoms with van der Waals surface area (Å²) in [4.78, 5) is 8.63. The van der Waals surface area contributed by atoms with Crippen molar-refractivity contribution in [1.29, 1.82) is 0 Å². The zero-order valence-electron chi connectivity index (χ0n) is 8.47. The van der Waals surface area contributed by atoms with Crippen LogP contribution in [-0.4, -0.2) is 16.5 Å². The van der Waals surface area contributed by atoms with Crippen molar-refractivity contribution >= 4 is 21.7 Å². The van der Waals surface area contributed by atoms with Crippen molar-refractivity contribution in [3.8, 4) is 0 Å². The number of nitrogens with one attached hydrogen (secondary N) is 1. The van der Waals surface area contributed by atoms with Crippen molar-refractivity contribution < 1.29 is 0 Å². The van der Waals surface area contributed by atoms with Crippen LogP contribution in [0.3, 0.4) is 0 Å². The summed E-state index contributed by atoms with van der Waals surface area (Å²) in [6.07, 6.45) is 0.853.